The molecule has 1 fully saturated rings. The van der Waals surface area contributed by atoms with Gasteiger partial charge in [0.25, 0.3) is 0 Å². The number of rotatable bonds is 4. The fourth-order valence-corrected chi connectivity index (χ4v) is 2.42. The van der Waals surface area contributed by atoms with Crippen LogP contribution >= 0.6 is 0 Å². The fourth-order valence-electron chi connectivity index (χ4n) is 2.42. The number of alkyl halides is 3. The van der Waals surface area contributed by atoms with Gasteiger partial charge in [-0.25, -0.2) is 0 Å². The zero-order chi connectivity index (χ0) is 12.0. The van der Waals surface area contributed by atoms with Gasteiger partial charge in [-0.2, -0.15) is 13.2 Å². The molecule has 1 nitrogen and oxygen atoms in total. The van der Waals surface area contributed by atoms with Gasteiger partial charge in [0.05, 0.1) is 6.42 Å². The predicted molar refractivity (Wildman–Crippen MR) is 59.3 cm³/mol. The van der Waals surface area contributed by atoms with Gasteiger partial charge in [-0.3, -0.25) is 0 Å². The summed E-state index contributed by atoms with van der Waals surface area (Å²) >= 11 is 0. The van der Waals surface area contributed by atoms with Crippen LogP contribution < -0.4 is 5.32 Å². The van der Waals surface area contributed by atoms with E-state index in [0.29, 0.717) is 5.92 Å². The van der Waals surface area contributed by atoms with Gasteiger partial charge in [-0.1, -0.05) is 25.7 Å². The Kier molecular flexibility index (Phi) is 5.59. The first-order valence-electron chi connectivity index (χ1n) is 6.29. The van der Waals surface area contributed by atoms with E-state index < -0.39 is 12.6 Å². The average molecular weight is 237 g/mol. The first-order valence-corrected chi connectivity index (χ1v) is 6.29. The maximum atomic E-state index is 12.0. The second-order valence-corrected chi connectivity index (χ2v) is 4.86. The fraction of sp³-hybridized carbons (Fsp3) is 1.00. The van der Waals surface area contributed by atoms with Gasteiger partial charge >= 0.3 is 6.18 Å². The molecule has 96 valence electrons. The molecule has 0 bridgehead atoms. The minimum atomic E-state index is -4.03. The standard InChI is InChI=1S/C12H22F3N/c1-10(16-9-8-12(13,14)15)11-6-4-2-3-5-7-11/h10-11,16H,2-9H2,1H3/t10-/m1/s1. The third kappa shape index (κ3) is 5.73. The van der Waals surface area contributed by atoms with E-state index in [-0.39, 0.29) is 12.6 Å². The van der Waals surface area contributed by atoms with Gasteiger partial charge in [0.15, 0.2) is 0 Å². The molecule has 1 saturated carbocycles. The molecule has 0 unspecified atom stereocenters. The molecule has 0 spiro atoms. The average Bonchev–Trinajstić information content (AvgIpc) is 2.43. The van der Waals surface area contributed by atoms with Crippen molar-refractivity contribution in [1.29, 1.82) is 0 Å². The van der Waals surface area contributed by atoms with Crippen LogP contribution in [0, 0.1) is 5.92 Å². The monoisotopic (exact) mass is 237 g/mol. The van der Waals surface area contributed by atoms with Crippen molar-refractivity contribution in [3.63, 3.8) is 0 Å². The van der Waals surface area contributed by atoms with E-state index in [1.54, 1.807) is 0 Å². The summed E-state index contributed by atoms with van der Waals surface area (Å²) in [6.07, 6.45) is 2.62. The zero-order valence-electron chi connectivity index (χ0n) is 9.95. The van der Waals surface area contributed by atoms with Crippen LogP contribution in [-0.2, 0) is 0 Å². The first-order chi connectivity index (χ1) is 7.49. The second-order valence-electron chi connectivity index (χ2n) is 4.86. The van der Waals surface area contributed by atoms with Crippen molar-refractivity contribution >= 4 is 0 Å². The summed E-state index contributed by atoms with van der Waals surface area (Å²) < 4.78 is 35.9. The van der Waals surface area contributed by atoms with Gasteiger partial charge in [-0.05, 0) is 25.7 Å². The van der Waals surface area contributed by atoms with Crippen LogP contribution in [0.1, 0.15) is 51.9 Å². The lowest BCUT2D eigenvalue weighted by Gasteiger charge is -2.23. The highest BCUT2D eigenvalue weighted by molar-refractivity contribution is 4.75. The largest absolute Gasteiger partial charge is 0.390 e. The van der Waals surface area contributed by atoms with Crippen molar-refractivity contribution in [2.24, 2.45) is 5.92 Å². The Bertz CT molecular complexity index is 183. The summed E-state index contributed by atoms with van der Waals surface area (Å²) in [5, 5.41) is 3.02. The summed E-state index contributed by atoms with van der Waals surface area (Å²) in [6.45, 7) is 2.08. The minimum absolute atomic E-state index is 0.0567. The van der Waals surface area contributed by atoms with Crippen molar-refractivity contribution in [2.45, 2.75) is 64.1 Å². The number of hydrogen-bond acceptors (Lipinski definition) is 1. The predicted octanol–water partition coefficient (Wildman–Crippen LogP) is 3.89. The molecule has 1 atom stereocenters. The highest BCUT2D eigenvalue weighted by atomic mass is 19.4. The van der Waals surface area contributed by atoms with Gasteiger partial charge in [0, 0.05) is 12.6 Å². The molecule has 1 aliphatic rings. The molecular weight excluding hydrogens is 215 g/mol. The summed E-state index contributed by atoms with van der Waals surface area (Å²) in [4.78, 5) is 0. The Balaban J connectivity index is 2.20. The Morgan fingerprint density at radius 1 is 1.12 bits per heavy atom. The maximum absolute atomic E-state index is 12.0. The highest BCUT2D eigenvalue weighted by Gasteiger charge is 2.27. The molecule has 0 heterocycles. The quantitative estimate of drug-likeness (QED) is 0.731. The maximum Gasteiger partial charge on any atom is 0.390 e. The van der Waals surface area contributed by atoms with Gasteiger partial charge in [0.2, 0.25) is 0 Å². The molecule has 0 aromatic rings. The smallest absolute Gasteiger partial charge is 0.314 e. The molecule has 0 aromatic carbocycles. The van der Waals surface area contributed by atoms with Gasteiger partial charge < -0.3 is 5.32 Å². The number of hydrogen-bond donors (Lipinski definition) is 1. The van der Waals surface area contributed by atoms with E-state index in [9.17, 15) is 13.2 Å². The van der Waals surface area contributed by atoms with Crippen LogP contribution in [0.5, 0.6) is 0 Å². The van der Waals surface area contributed by atoms with E-state index in [1.165, 1.54) is 38.5 Å². The number of halogens is 3. The number of nitrogens with one attached hydrogen (secondary N) is 1. The summed E-state index contributed by atoms with van der Waals surface area (Å²) in [5.41, 5.74) is 0. The summed E-state index contributed by atoms with van der Waals surface area (Å²) in [7, 11) is 0. The molecule has 0 amide bonds. The Morgan fingerprint density at radius 3 is 2.19 bits per heavy atom. The molecule has 1 N–H and O–H groups in total. The minimum Gasteiger partial charge on any atom is -0.314 e. The third-order valence-corrected chi connectivity index (χ3v) is 3.48. The second kappa shape index (κ2) is 6.48. The topological polar surface area (TPSA) is 12.0 Å². The molecule has 16 heavy (non-hydrogen) atoms. The van der Waals surface area contributed by atoms with Crippen molar-refractivity contribution in [3.05, 3.63) is 0 Å². The van der Waals surface area contributed by atoms with Crippen molar-refractivity contribution in [3.8, 4) is 0 Å². The molecule has 1 rings (SSSR count). The van der Waals surface area contributed by atoms with Crippen LogP contribution in [0.25, 0.3) is 0 Å². The van der Waals surface area contributed by atoms with Crippen LogP contribution in [-0.4, -0.2) is 18.8 Å². The molecule has 0 aliphatic heterocycles. The lowest BCUT2D eigenvalue weighted by molar-refractivity contribution is -0.133. The summed E-state index contributed by atoms with van der Waals surface area (Å²) in [6, 6.07) is 0.223. The lowest BCUT2D eigenvalue weighted by Crippen LogP contribution is -2.35. The summed E-state index contributed by atoms with van der Waals surface area (Å²) in [5.74, 6) is 0.565. The normalized spacial score (nSPS) is 21.8. The molecule has 0 radical (unpaired) electrons. The Hall–Kier alpha value is -0.250. The SMILES string of the molecule is C[C@@H](NCCC(F)(F)F)C1CCCCCC1. The van der Waals surface area contributed by atoms with Crippen LogP contribution in [0.4, 0.5) is 13.2 Å². The lowest BCUT2D eigenvalue weighted by atomic mass is 9.93. The van der Waals surface area contributed by atoms with E-state index >= 15 is 0 Å². The molecule has 0 aromatic heterocycles. The van der Waals surface area contributed by atoms with Crippen LogP contribution in [0.2, 0.25) is 0 Å². The molecule has 0 saturated heterocycles. The molecule has 4 heteroatoms. The van der Waals surface area contributed by atoms with E-state index in [0.717, 1.165) is 0 Å². The van der Waals surface area contributed by atoms with Crippen molar-refractivity contribution < 1.29 is 13.2 Å². The van der Waals surface area contributed by atoms with Crippen LogP contribution in [0.15, 0.2) is 0 Å². The zero-order valence-corrected chi connectivity index (χ0v) is 9.95. The van der Waals surface area contributed by atoms with Crippen molar-refractivity contribution in [1.82, 2.24) is 5.32 Å². The van der Waals surface area contributed by atoms with Crippen molar-refractivity contribution in [2.75, 3.05) is 6.54 Å². The van der Waals surface area contributed by atoms with E-state index in [4.69, 9.17) is 0 Å². The van der Waals surface area contributed by atoms with Gasteiger partial charge in [0.1, 0.15) is 0 Å². The van der Waals surface area contributed by atoms with Crippen LogP contribution in [0.3, 0.4) is 0 Å². The van der Waals surface area contributed by atoms with E-state index in [2.05, 4.69) is 5.32 Å². The first kappa shape index (κ1) is 13.8. The van der Waals surface area contributed by atoms with Gasteiger partial charge in [-0.15, -0.1) is 0 Å². The van der Waals surface area contributed by atoms with E-state index in [1.807, 2.05) is 6.92 Å². The Labute approximate surface area is 95.8 Å². The molecule has 1 aliphatic carbocycles. The molecular formula is C12H22F3N. The third-order valence-electron chi connectivity index (χ3n) is 3.48. The Morgan fingerprint density at radius 2 is 1.69 bits per heavy atom. The highest BCUT2D eigenvalue weighted by Crippen LogP contribution is 2.25.